The molecule has 0 saturated carbocycles. The summed E-state index contributed by atoms with van der Waals surface area (Å²) in [5, 5.41) is 45.1. The summed E-state index contributed by atoms with van der Waals surface area (Å²) in [6, 6.07) is 0. The number of hydrogen-bond donors (Lipinski definition) is 4. The van der Waals surface area contributed by atoms with Gasteiger partial charge in [-0.1, -0.05) is 57.2 Å². The monoisotopic (exact) mass is 634 g/mol. The van der Waals surface area contributed by atoms with Crippen LogP contribution in [0.3, 0.4) is 0 Å². The standard InChI is InChI=1S/C35H58N2O8/c1-8-17-36-18-20-37(21-19-36)45-30-13-12-25(4)32(44-31(40)22-27(38)14-16-35(30,7)42)24(3)11-10-15-34(6,41)23-29-33(43-29)26(5)28(39)9-2/h8,10-13,15,25-30,32-33,38-39,41-42H,1,9,14,16-23H2,2-7H3/b13-12+,15-10+,24-11+. The second-order valence-electron chi connectivity index (χ2n) is 13.8. The van der Waals surface area contributed by atoms with Crippen LogP contribution in [0.2, 0.25) is 0 Å². The van der Waals surface area contributed by atoms with E-state index in [4.69, 9.17) is 14.3 Å². The number of esters is 1. The van der Waals surface area contributed by atoms with Crippen LogP contribution in [0.25, 0.3) is 0 Å². The molecule has 2 saturated heterocycles. The smallest absolute Gasteiger partial charge is 0.309 e. The topological polar surface area (TPSA) is 135 Å². The van der Waals surface area contributed by atoms with Gasteiger partial charge >= 0.3 is 5.97 Å². The Bertz CT molecular complexity index is 1050. The van der Waals surface area contributed by atoms with Gasteiger partial charge in [0.2, 0.25) is 0 Å². The van der Waals surface area contributed by atoms with Crippen LogP contribution in [0, 0.1) is 11.8 Å². The summed E-state index contributed by atoms with van der Waals surface area (Å²) in [4.78, 5) is 21.4. The Hall–Kier alpha value is -1.89. The molecule has 10 unspecified atom stereocenters. The van der Waals surface area contributed by atoms with Gasteiger partial charge in [0.25, 0.3) is 0 Å². The van der Waals surface area contributed by atoms with Crippen molar-refractivity contribution < 1.29 is 39.5 Å². The molecule has 4 N–H and O–H groups in total. The zero-order valence-electron chi connectivity index (χ0n) is 28.2. The van der Waals surface area contributed by atoms with Crippen LogP contribution in [0.15, 0.2) is 48.6 Å². The van der Waals surface area contributed by atoms with Gasteiger partial charge in [-0.05, 0) is 45.6 Å². The molecule has 10 atom stereocenters. The van der Waals surface area contributed by atoms with Crippen LogP contribution in [0.5, 0.6) is 0 Å². The molecule has 10 heteroatoms. The number of aliphatic hydroxyl groups is 4. The lowest BCUT2D eigenvalue weighted by Gasteiger charge is -2.39. The molecule has 0 spiro atoms. The van der Waals surface area contributed by atoms with Crippen LogP contribution in [-0.2, 0) is 19.1 Å². The van der Waals surface area contributed by atoms with Crippen molar-refractivity contribution in [3.05, 3.63) is 48.6 Å². The Balaban J connectivity index is 1.72. The first kappa shape index (κ1) is 37.6. The van der Waals surface area contributed by atoms with E-state index in [1.165, 1.54) is 0 Å². The summed E-state index contributed by atoms with van der Waals surface area (Å²) < 4.78 is 11.6. The lowest BCUT2D eigenvalue weighted by molar-refractivity contribution is -0.239. The molecule has 2 fully saturated rings. The van der Waals surface area contributed by atoms with E-state index < -0.39 is 41.6 Å². The fourth-order valence-electron chi connectivity index (χ4n) is 6.15. The predicted molar refractivity (Wildman–Crippen MR) is 174 cm³/mol. The van der Waals surface area contributed by atoms with Crippen molar-refractivity contribution in [1.82, 2.24) is 9.96 Å². The van der Waals surface area contributed by atoms with Gasteiger partial charge in [0, 0.05) is 51.0 Å². The first-order valence-electron chi connectivity index (χ1n) is 16.6. The van der Waals surface area contributed by atoms with Crippen LogP contribution in [0.1, 0.15) is 73.6 Å². The fraction of sp³-hybridized carbons (Fsp3) is 0.743. The number of hydroxylamine groups is 2. The number of epoxide rings is 1. The SMILES string of the molecule is C=CCN1CCN(OC2/C=C/C(C)C(/C(C)=C/C=C/C(C)(O)CC3OC3C(C)C(O)CC)OC(=O)CC(O)CCC2(C)O)CC1. The molecule has 0 radical (unpaired) electrons. The summed E-state index contributed by atoms with van der Waals surface area (Å²) in [6.07, 6.45) is 9.43. The van der Waals surface area contributed by atoms with Crippen molar-refractivity contribution in [2.45, 2.75) is 121 Å². The minimum Gasteiger partial charge on any atom is -0.457 e. The normalized spacial score (nSPS) is 36.3. The highest BCUT2D eigenvalue weighted by Crippen LogP contribution is 2.37. The third-order valence-corrected chi connectivity index (χ3v) is 9.35. The van der Waals surface area contributed by atoms with Crippen molar-refractivity contribution in [3.8, 4) is 0 Å². The Morgan fingerprint density at radius 3 is 2.62 bits per heavy atom. The van der Waals surface area contributed by atoms with Gasteiger partial charge in [-0.3, -0.25) is 14.5 Å². The zero-order chi connectivity index (χ0) is 33.4. The minimum absolute atomic E-state index is 0.00650. The summed E-state index contributed by atoms with van der Waals surface area (Å²) in [5.41, 5.74) is -1.63. The molecule has 256 valence electrons. The quantitative estimate of drug-likeness (QED) is 0.110. The highest BCUT2D eigenvalue weighted by Gasteiger charge is 2.47. The lowest BCUT2D eigenvalue weighted by Crippen LogP contribution is -2.51. The predicted octanol–water partition coefficient (Wildman–Crippen LogP) is 3.31. The highest BCUT2D eigenvalue weighted by atomic mass is 16.7. The maximum atomic E-state index is 12.8. The van der Waals surface area contributed by atoms with E-state index in [-0.39, 0.29) is 43.3 Å². The third kappa shape index (κ3) is 11.7. The van der Waals surface area contributed by atoms with Gasteiger partial charge in [0.1, 0.15) is 12.2 Å². The van der Waals surface area contributed by atoms with Crippen molar-refractivity contribution in [2.24, 2.45) is 11.8 Å². The summed E-state index contributed by atoms with van der Waals surface area (Å²) in [7, 11) is 0. The maximum absolute atomic E-state index is 12.8. The summed E-state index contributed by atoms with van der Waals surface area (Å²) in [5.74, 6) is -0.775. The first-order valence-corrected chi connectivity index (χ1v) is 16.6. The average molecular weight is 635 g/mol. The van der Waals surface area contributed by atoms with Crippen molar-refractivity contribution in [3.63, 3.8) is 0 Å². The minimum atomic E-state index is -1.27. The molecule has 3 aliphatic rings. The molecule has 0 aromatic heterocycles. The molecule has 3 aliphatic heterocycles. The number of ether oxygens (including phenoxy) is 2. The van der Waals surface area contributed by atoms with Gasteiger partial charge in [-0.25, -0.2) is 0 Å². The molecule has 3 heterocycles. The van der Waals surface area contributed by atoms with Crippen LogP contribution < -0.4 is 0 Å². The number of cyclic esters (lactones) is 1. The third-order valence-electron chi connectivity index (χ3n) is 9.35. The van der Waals surface area contributed by atoms with Crippen LogP contribution in [-0.4, -0.2) is 117 Å². The van der Waals surface area contributed by atoms with E-state index in [2.05, 4.69) is 11.5 Å². The van der Waals surface area contributed by atoms with Gasteiger partial charge in [0.15, 0.2) is 0 Å². The second kappa shape index (κ2) is 16.8. The Labute approximate surface area is 270 Å². The maximum Gasteiger partial charge on any atom is 0.309 e. The van der Waals surface area contributed by atoms with Crippen LogP contribution in [0.4, 0.5) is 0 Å². The summed E-state index contributed by atoms with van der Waals surface area (Å²) in [6.45, 7) is 18.8. The van der Waals surface area contributed by atoms with Crippen LogP contribution >= 0.6 is 0 Å². The van der Waals surface area contributed by atoms with Crippen molar-refractivity contribution >= 4 is 5.97 Å². The first-order chi connectivity index (χ1) is 21.2. The molecule has 0 aliphatic carbocycles. The van der Waals surface area contributed by atoms with Gasteiger partial charge in [-0.15, -0.1) is 6.58 Å². The largest absolute Gasteiger partial charge is 0.457 e. The number of hydrogen-bond acceptors (Lipinski definition) is 10. The fourth-order valence-corrected chi connectivity index (χ4v) is 6.15. The van der Waals surface area contributed by atoms with Gasteiger partial charge in [-0.2, -0.15) is 5.06 Å². The van der Waals surface area contributed by atoms with Gasteiger partial charge in [0.05, 0.1) is 42.0 Å². The molecular weight excluding hydrogens is 576 g/mol. The van der Waals surface area contributed by atoms with E-state index in [9.17, 15) is 25.2 Å². The number of nitrogens with zero attached hydrogens (tertiary/aromatic N) is 2. The number of rotatable bonds is 12. The Morgan fingerprint density at radius 1 is 1.29 bits per heavy atom. The Morgan fingerprint density at radius 2 is 1.98 bits per heavy atom. The Kier molecular flexibility index (Phi) is 14.0. The van der Waals surface area contributed by atoms with Crippen molar-refractivity contribution in [1.29, 1.82) is 0 Å². The van der Waals surface area contributed by atoms with Crippen molar-refractivity contribution in [2.75, 3.05) is 32.7 Å². The highest BCUT2D eigenvalue weighted by molar-refractivity contribution is 5.70. The van der Waals surface area contributed by atoms with E-state index in [0.29, 0.717) is 25.9 Å². The van der Waals surface area contributed by atoms with E-state index in [1.54, 1.807) is 26.0 Å². The number of piperazine rings is 1. The number of aliphatic hydroxyl groups excluding tert-OH is 2. The lowest BCUT2D eigenvalue weighted by atomic mass is 9.89. The molecule has 0 aromatic carbocycles. The molecule has 10 nitrogen and oxygen atoms in total. The second-order valence-corrected chi connectivity index (χ2v) is 13.8. The molecule has 45 heavy (non-hydrogen) atoms. The number of carbonyl (C=O) groups is 1. The molecule has 0 amide bonds. The molecule has 0 bridgehead atoms. The number of carbonyl (C=O) groups excluding carboxylic acids is 1. The van der Waals surface area contributed by atoms with E-state index in [0.717, 1.165) is 25.2 Å². The number of allylic oxidation sites excluding steroid dienone is 2. The summed E-state index contributed by atoms with van der Waals surface area (Å²) >= 11 is 0. The molecule has 0 aromatic rings. The zero-order valence-corrected chi connectivity index (χ0v) is 28.2. The average Bonchev–Trinajstić information content (AvgIpc) is 3.74. The van der Waals surface area contributed by atoms with E-state index in [1.807, 2.05) is 57.1 Å². The molecule has 3 rings (SSSR count). The van der Waals surface area contributed by atoms with E-state index >= 15 is 0 Å². The van der Waals surface area contributed by atoms with Gasteiger partial charge < -0.3 is 29.9 Å². The molecular formula is C35H58N2O8.